The normalized spacial score (nSPS) is 10.5. The summed E-state index contributed by atoms with van der Waals surface area (Å²) in [6.07, 6.45) is 3.24. The van der Waals surface area contributed by atoms with Crippen LogP contribution >= 0.6 is 23.2 Å². The lowest BCUT2D eigenvalue weighted by Crippen LogP contribution is -2.38. The van der Waals surface area contributed by atoms with Gasteiger partial charge >= 0.3 is 5.97 Å². The number of hydrogen-bond donors (Lipinski definition) is 0. The molecule has 2 aromatic rings. The van der Waals surface area contributed by atoms with E-state index < -0.39 is 5.97 Å². The Morgan fingerprint density at radius 1 is 1.17 bits per heavy atom. The first-order chi connectivity index (χ1) is 11.5. The average molecular weight is 369 g/mol. The minimum atomic E-state index is -0.474. The van der Waals surface area contributed by atoms with Crippen molar-refractivity contribution in [3.63, 3.8) is 0 Å². The van der Waals surface area contributed by atoms with Gasteiger partial charge in [-0.1, -0.05) is 23.2 Å². The van der Waals surface area contributed by atoms with E-state index in [4.69, 9.17) is 32.7 Å². The van der Waals surface area contributed by atoms with E-state index >= 15 is 0 Å². The van der Waals surface area contributed by atoms with Gasteiger partial charge < -0.3 is 9.47 Å². The number of Topliss-reactive ketones (excluding diaryl/α,β-unsaturated/α-hetero) is 1. The minimum absolute atomic E-state index is 0.0422. The van der Waals surface area contributed by atoms with Crippen molar-refractivity contribution in [2.45, 2.75) is 6.54 Å². The maximum atomic E-state index is 12.4. The van der Waals surface area contributed by atoms with Crippen LogP contribution in [0.1, 0.15) is 20.7 Å². The molecule has 24 heavy (non-hydrogen) atoms. The van der Waals surface area contributed by atoms with Crippen LogP contribution in [0.2, 0.25) is 10.0 Å². The molecule has 1 aromatic carbocycles. The first kappa shape index (κ1) is 18.4. The van der Waals surface area contributed by atoms with Crippen molar-refractivity contribution in [1.82, 2.24) is 0 Å². The summed E-state index contributed by atoms with van der Waals surface area (Å²) in [5, 5.41) is 0.758. The Balaban J connectivity index is 2.08. The van der Waals surface area contributed by atoms with Crippen molar-refractivity contribution < 1.29 is 23.6 Å². The molecule has 0 amide bonds. The second kappa shape index (κ2) is 8.78. The lowest BCUT2D eigenvalue weighted by molar-refractivity contribution is -0.683. The number of benzene rings is 1. The van der Waals surface area contributed by atoms with Gasteiger partial charge in [-0.05, 0) is 24.3 Å². The van der Waals surface area contributed by atoms with Crippen molar-refractivity contribution in [3.05, 3.63) is 63.9 Å². The molecule has 0 unspecified atom stereocenters. The van der Waals surface area contributed by atoms with Crippen molar-refractivity contribution in [2.75, 3.05) is 20.3 Å². The molecule has 0 bridgehead atoms. The van der Waals surface area contributed by atoms with Crippen LogP contribution in [0, 0.1) is 0 Å². The fourth-order valence-electron chi connectivity index (χ4n) is 2.01. The zero-order chi connectivity index (χ0) is 17.5. The Hall–Kier alpha value is -1.95. The van der Waals surface area contributed by atoms with Gasteiger partial charge in [-0.15, -0.1) is 0 Å². The first-order valence-corrected chi connectivity index (χ1v) is 7.90. The van der Waals surface area contributed by atoms with Gasteiger partial charge in [-0.25, -0.2) is 4.79 Å². The highest BCUT2D eigenvalue weighted by Gasteiger charge is 2.18. The molecule has 0 fully saturated rings. The molecule has 0 radical (unpaired) electrons. The number of carbonyl (C=O) groups is 2. The number of rotatable bonds is 7. The van der Waals surface area contributed by atoms with Gasteiger partial charge in [0.15, 0.2) is 12.4 Å². The van der Waals surface area contributed by atoms with Crippen LogP contribution in [0.4, 0.5) is 0 Å². The van der Waals surface area contributed by atoms with Crippen LogP contribution in [0.5, 0.6) is 0 Å². The number of pyridine rings is 1. The highest BCUT2D eigenvalue weighted by Crippen LogP contribution is 2.21. The van der Waals surface area contributed by atoms with E-state index in [2.05, 4.69) is 0 Å². The summed E-state index contributed by atoms with van der Waals surface area (Å²) in [5.74, 6) is -0.662. The smallest absolute Gasteiger partial charge is 0.344 e. The number of methoxy groups -OCH3 is 1. The Bertz CT molecular complexity index is 749. The molecule has 0 N–H and O–H groups in total. The number of ketones is 1. The molecule has 0 saturated carbocycles. The number of ether oxygens (including phenoxy) is 2. The molecule has 5 nitrogen and oxygen atoms in total. The first-order valence-electron chi connectivity index (χ1n) is 7.14. The molecular weight excluding hydrogens is 353 g/mol. The molecule has 1 heterocycles. The van der Waals surface area contributed by atoms with Gasteiger partial charge in [0, 0.05) is 23.8 Å². The summed E-state index contributed by atoms with van der Waals surface area (Å²) in [4.78, 5) is 24.3. The molecule has 7 heteroatoms. The largest absolute Gasteiger partial charge is 0.459 e. The van der Waals surface area contributed by atoms with Crippen molar-refractivity contribution >= 4 is 35.0 Å². The van der Waals surface area contributed by atoms with Gasteiger partial charge in [0.05, 0.1) is 11.6 Å². The molecular formula is C17H16Cl2NO4+. The summed E-state index contributed by atoms with van der Waals surface area (Å²) >= 11 is 11.9. The van der Waals surface area contributed by atoms with Gasteiger partial charge in [-0.2, -0.15) is 4.57 Å². The van der Waals surface area contributed by atoms with Crippen molar-refractivity contribution in [2.24, 2.45) is 0 Å². The Morgan fingerprint density at radius 3 is 2.67 bits per heavy atom. The lowest BCUT2D eigenvalue weighted by atomic mass is 10.1. The average Bonchev–Trinajstić information content (AvgIpc) is 2.55. The standard InChI is InChI=1S/C17H16Cl2NO4/c1-23-7-8-24-17(22)12-3-2-6-20(10-12)11-16(21)14-5-4-13(18)9-15(14)19/h2-6,9-10H,7-8,11H2,1H3/q+1. The lowest BCUT2D eigenvalue weighted by Gasteiger charge is -2.04. The second-order valence-electron chi connectivity index (χ2n) is 4.94. The van der Waals surface area contributed by atoms with E-state index in [1.54, 1.807) is 41.2 Å². The molecule has 1 aromatic heterocycles. The number of aromatic nitrogens is 1. The maximum Gasteiger partial charge on any atom is 0.344 e. The Morgan fingerprint density at radius 2 is 1.96 bits per heavy atom. The van der Waals surface area contributed by atoms with Crippen molar-refractivity contribution in [3.8, 4) is 0 Å². The fraction of sp³-hybridized carbons (Fsp3) is 0.235. The number of hydrogen-bond acceptors (Lipinski definition) is 4. The van der Waals surface area contributed by atoms with Crippen LogP contribution in [-0.2, 0) is 16.0 Å². The molecule has 0 atom stereocenters. The minimum Gasteiger partial charge on any atom is -0.459 e. The molecule has 0 aliphatic rings. The Kier molecular flexibility index (Phi) is 6.73. The predicted molar refractivity (Wildman–Crippen MR) is 89.6 cm³/mol. The van der Waals surface area contributed by atoms with E-state index in [0.717, 1.165) is 0 Å². The highest BCUT2D eigenvalue weighted by molar-refractivity contribution is 6.36. The van der Waals surface area contributed by atoms with Crippen molar-refractivity contribution in [1.29, 1.82) is 0 Å². The molecule has 0 aliphatic carbocycles. The summed E-state index contributed by atoms with van der Waals surface area (Å²) in [7, 11) is 1.53. The number of carbonyl (C=O) groups excluding carboxylic acids is 2. The second-order valence-corrected chi connectivity index (χ2v) is 5.78. The third-order valence-corrected chi connectivity index (χ3v) is 3.72. The van der Waals surface area contributed by atoms with Gasteiger partial charge in [0.2, 0.25) is 12.3 Å². The molecule has 126 valence electrons. The van der Waals surface area contributed by atoms with E-state index in [-0.39, 0.29) is 18.9 Å². The number of nitrogens with zero attached hydrogens (tertiary/aromatic N) is 1. The fourth-order valence-corrected chi connectivity index (χ4v) is 2.52. The monoisotopic (exact) mass is 368 g/mol. The third-order valence-electron chi connectivity index (χ3n) is 3.17. The van der Waals surface area contributed by atoms with Crippen LogP contribution in [0.15, 0.2) is 42.7 Å². The van der Waals surface area contributed by atoms with Gasteiger partial charge in [0.25, 0.3) is 0 Å². The van der Waals surface area contributed by atoms with Crippen LogP contribution in [-0.4, -0.2) is 32.1 Å². The number of esters is 1. The summed E-state index contributed by atoms with van der Waals surface area (Å²) in [6.45, 7) is 0.538. The summed E-state index contributed by atoms with van der Waals surface area (Å²) in [5.41, 5.74) is 0.727. The zero-order valence-corrected chi connectivity index (χ0v) is 14.5. The van der Waals surface area contributed by atoms with E-state index in [0.29, 0.717) is 27.8 Å². The van der Waals surface area contributed by atoms with Gasteiger partial charge in [0.1, 0.15) is 12.2 Å². The molecule has 0 aliphatic heterocycles. The van der Waals surface area contributed by atoms with E-state index in [9.17, 15) is 9.59 Å². The molecule has 2 rings (SSSR count). The zero-order valence-electron chi connectivity index (χ0n) is 13.0. The Labute approximate surface area is 149 Å². The third kappa shape index (κ3) is 5.03. The highest BCUT2D eigenvalue weighted by atomic mass is 35.5. The SMILES string of the molecule is COCCOC(=O)c1ccc[n+](CC(=O)c2ccc(Cl)cc2Cl)c1. The molecule has 0 spiro atoms. The van der Waals surface area contributed by atoms with E-state index in [1.807, 2.05) is 0 Å². The topological polar surface area (TPSA) is 56.5 Å². The van der Waals surface area contributed by atoms with Crippen LogP contribution in [0.3, 0.4) is 0 Å². The summed E-state index contributed by atoms with van der Waals surface area (Å²) in [6, 6.07) is 7.99. The predicted octanol–water partition coefficient (Wildman–Crippen LogP) is 2.97. The molecule has 0 saturated heterocycles. The number of halogens is 2. The quantitative estimate of drug-likeness (QED) is 0.326. The van der Waals surface area contributed by atoms with Crippen LogP contribution in [0.25, 0.3) is 0 Å². The maximum absolute atomic E-state index is 12.4. The summed E-state index contributed by atoms with van der Waals surface area (Å²) < 4.78 is 11.5. The van der Waals surface area contributed by atoms with Crippen LogP contribution < -0.4 is 4.57 Å². The van der Waals surface area contributed by atoms with Gasteiger partial charge in [-0.3, -0.25) is 4.79 Å². The van der Waals surface area contributed by atoms with E-state index in [1.165, 1.54) is 13.2 Å².